The van der Waals surface area contributed by atoms with Crippen LogP contribution < -0.4 is 0 Å². The normalized spacial score (nSPS) is 15.2. The Morgan fingerprint density at radius 1 is 1.19 bits per heavy atom. The number of Topliss-reactive ketones (excluding diaryl/α,β-unsaturated/α-hetero) is 1. The van der Waals surface area contributed by atoms with Crippen molar-refractivity contribution in [2.24, 2.45) is 5.41 Å². The fraction of sp³-hybridized carbons (Fsp3) is 0.519. The monoisotopic (exact) mass is 538 g/mol. The number of aliphatic hydroxyl groups is 1. The zero-order chi connectivity index (χ0) is 27.0. The summed E-state index contributed by atoms with van der Waals surface area (Å²) in [5.41, 5.74) is 0.258. The van der Waals surface area contributed by atoms with Crippen LogP contribution in [0.15, 0.2) is 33.3 Å². The van der Waals surface area contributed by atoms with E-state index in [-0.39, 0.29) is 53.2 Å². The molecule has 1 N–H and O–H groups in total. The van der Waals surface area contributed by atoms with Gasteiger partial charge in [-0.25, -0.2) is 4.39 Å². The van der Waals surface area contributed by atoms with E-state index in [0.29, 0.717) is 18.5 Å². The molecule has 37 heavy (non-hydrogen) atoms. The average molecular weight is 539 g/mol. The standard InChI is InChI=1S/C27H30ClF3N2O4/c1-26(2,3)27(30,31)22-14-21(32-36-22)25-23(15-6-7-15)24(33-37-25)17(5-4-10-34)12-19(35)11-16-8-9-18(28)13-20(16)29/h8-9,13-15,17,34H,4-7,10-12H2,1-3H3/t17-/m0/s1. The highest BCUT2D eigenvalue weighted by atomic mass is 35.5. The summed E-state index contributed by atoms with van der Waals surface area (Å²) in [6.45, 7) is 4.16. The third-order valence-electron chi connectivity index (χ3n) is 6.71. The third-order valence-corrected chi connectivity index (χ3v) is 6.94. The number of hydrogen-bond donors (Lipinski definition) is 1. The molecule has 0 saturated heterocycles. The second-order valence-corrected chi connectivity index (χ2v) is 11.1. The van der Waals surface area contributed by atoms with Gasteiger partial charge in [0.15, 0.2) is 11.5 Å². The van der Waals surface area contributed by atoms with E-state index in [1.54, 1.807) is 0 Å². The van der Waals surface area contributed by atoms with Crippen LogP contribution in [0.25, 0.3) is 11.5 Å². The average Bonchev–Trinajstić information content (AvgIpc) is 3.36. The summed E-state index contributed by atoms with van der Waals surface area (Å²) >= 11 is 5.81. The topological polar surface area (TPSA) is 89.4 Å². The van der Waals surface area contributed by atoms with Gasteiger partial charge in [-0.3, -0.25) is 4.79 Å². The summed E-state index contributed by atoms with van der Waals surface area (Å²) < 4.78 is 54.6. The molecule has 1 aliphatic carbocycles. The first-order chi connectivity index (χ1) is 17.4. The number of halogens is 4. The Morgan fingerprint density at radius 3 is 2.54 bits per heavy atom. The molecule has 200 valence electrons. The highest BCUT2D eigenvalue weighted by molar-refractivity contribution is 6.30. The maximum absolute atomic E-state index is 14.8. The summed E-state index contributed by atoms with van der Waals surface area (Å²) in [7, 11) is 0. The highest BCUT2D eigenvalue weighted by Gasteiger charge is 2.49. The van der Waals surface area contributed by atoms with Crippen LogP contribution in [0.4, 0.5) is 13.2 Å². The minimum absolute atomic E-state index is 0.0555. The van der Waals surface area contributed by atoms with Gasteiger partial charge in [-0.2, -0.15) is 8.78 Å². The van der Waals surface area contributed by atoms with Crippen molar-refractivity contribution < 1.29 is 32.1 Å². The van der Waals surface area contributed by atoms with E-state index in [1.165, 1.54) is 39.0 Å². The number of aromatic nitrogens is 2. The SMILES string of the molecule is CC(C)(C)C(F)(F)c1cc(-c2onc([C@@H](CCCO)CC(=O)Cc3ccc(Cl)cc3F)c2C2CC2)no1. The summed E-state index contributed by atoms with van der Waals surface area (Å²) in [5.74, 6) is -4.62. The first kappa shape index (κ1) is 27.4. The zero-order valence-corrected chi connectivity index (χ0v) is 21.7. The number of aliphatic hydroxyl groups excluding tert-OH is 1. The van der Waals surface area contributed by atoms with Crippen LogP contribution in [0, 0.1) is 11.2 Å². The van der Waals surface area contributed by atoms with Gasteiger partial charge in [0.25, 0.3) is 0 Å². The molecule has 3 aromatic rings. The molecule has 0 amide bonds. The molecule has 1 aliphatic rings. The quantitative estimate of drug-likeness (QED) is 0.278. The third kappa shape index (κ3) is 5.93. The summed E-state index contributed by atoms with van der Waals surface area (Å²) in [4.78, 5) is 12.9. The van der Waals surface area contributed by atoms with Crippen molar-refractivity contribution in [2.45, 2.75) is 77.1 Å². The molecule has 1 atom stereocenters. The number of nitrogens with zero attached hydrogens (tertiary/aromatic N) is 2. The van der Waals surface area contributed by atoms with Gasteiger partial charge < -0.3 is 14.2 Å². The summed E-state index contributed by atoms with van der Waals surface area (Å²) in [6, 6.07) is 5.36. The first-order valence-electron chi connectivity index (χ1n) is 12.3. The van der Waals surface area contributed by atoms with Crippen molar-refractivity contribution >= 4 is 17.4 Å². The molecular formula is C27H30ClF3N2O4. The van der Waals surface area contributed by atoms with E-state index in [9.17, 15) is 23.1 Å². The van der Waals surface area contributed by atoms with Crippen molar-refractivity contribution in [3.63, 3.8) is 0 Å². The Bertz CT molecular complexity index is 1260. The lowest BCUT2D eigenvalue weighted by Gasteiger charge is -2.27. The molecule has 2 aromatic heterocycles. The molecule has 1 aromatic carbocycles. The van der Waals surface area contributed by atoms with Gasteiger partial charge in [0.1, 0.15) is 11.6 Å². The minimum Gasteiger partial charge on any atom is -0.396 e. The van der Waals surface area contributed by atoms with Crippen LogP contribution in [-0.4, -0.2) is 27.8 Å². The molecule has 1 saturated carbocycles. The van der Waals surface area contributed by atoms with Crippen molar-refractivity contribution in [1.29, 1.82) is 0 Å². The predicted octanol–water partition coefficient (Wildman–Crippen LogP) is 7.20. The number of carbonyl (C=O) groups is 1. The lowest BCUT2D eigenvalue weighted by Crippen LogP contribution is -2.30. The van der Waals surface area contributed by atoms with Gasteiger partial charge >= 0.3 is 5.92 Å². The van der Waals surface area contributed by atoms with Gasteiger partial charge in [0.2, 0.25) is 5.76 Å². The molecule has 0 bridgehead atoms. The Labute approximate surface area is 218 Å². The molecule has 2 heterocycles. The van der Waals surface area contributed by atoms with Crippen molar-refractivity contribution in [1.82, 2.24) is 10.3 Å². The van der Waals surface area contributed by atoms with Gasteiger partial charge in [0.05, 0.1) is 5.69 Å². The van der Waals surface area contributed by atoms with Crippen LogP contribution >= 0.6 is 11.6 Å². The van der Waals surface area contributed by atoms with Gasteiger partial charge in [-0.05, 0) is 49.3 Å². The van der Waals surface area contributed by atoms with E-state index < -0.39 is 28.8 Å². The molecule has 4 rings (SSSR count). The molecular weight excluding hydrogens is 509 g/mol. The van der Waals surface area contributed by atoms with Crippen LogP contribution in [0.2, 0.25) is 5.02 Å². The molecule has 6 nitrogen and oxygen atoms in total. The minimum atomic E-state index is -3.26. The molecule has 10 heteroatoms. The van der Waals surface area contributed by atoms with Crippen molar-refractivity contribution in [3.05, 3.63) is 57.7 Å². The second kappa shape index (κ2) is 10.6. The van der Waals surface area contributed by atoms with Gasteiger partial charge in [-0.1, -0.05) is 48.8 Å². The number of alkyl halides is 2. The number of ketones is 1. The summed E-state index contributed by atoms with van der Waals surface area (Å²) in [6.07, 6.45) is 2.53. The Morgan fingerprint density at radius 2 is 1.92 bits per heavy atom. The van der Waals surface area contributed by atoms with E-state index in [1.807, 2.05) is 0 Å². The Hall–Kier alpha value is -2.65. The maximum atomic E-state index is 14.8. The van der Waals surface area contributed by atoms with E-state index in [0.717, 1.165) is 24.5 Å². The number of hydrogen-bond acceptors (Lipinski definition) is 6. The predicted molar refractivity (Wildman–Crippen MR) is 131 cm³/mol. The number of benzene rings is 1. The van der Waals surface area contributed by atoms with Crippen LogP contribution in [0.3, 0.4) is 0 Å². The van der Waals surface area contributed by atoms with E-state index in [2.05, 4.69) is 10.3 Å². The first-order valence-corrected chi connectivity index (χ1v) is 12.7. The lowest BCUT2D eigenvalue weighted by molar-refractivity contribution is -0.122. The summed E-state index contributed by atoms with van der Waals surface area (Å²) in [5, 5.41) is 17.8. The smallest absolute Gasteiger partial charge is 0.312 e. The molecule has 0 unspecified atom stereocenters. The largest absolute Gasteiger partial charge is 0.396 e. The second-order valence-electron chi connectivity index (χ2n) is 10.7. The van der Waals surface area contributed by atoms with Crippen LogP contribution in [-0.2, 0) is 17.1 Å². The van der Waals surface area contributed by atoms with E-state index in [4.69, 9.17) is 20.6 Å². The lowest BCUT2D eigenvalue weighted by atomic mass is 9.86. The van der Waals surface area contributed by atoms with E-state index >= 15 is 0 Å². The zero-order valence-electron chi connectivity index (χ0n) is 21.0. The molecule has 0 aliphatic heterocycles. The van der Waals surface area contributed by atoms with Crippen molar-refractivity contribution in [3.8, 4) is 11.5 Å². The molecule has 0 radical (unpaired) electrons. The maximum Gasteiger partial charge on any atom is 0.312 e. The van der Waals surface area contributed by atoms with Crippen LogP contribution in [0.1, 0.15) is 87.3 Å². The number of rotatable bonds is 11. The fourth-order valence-electron chi connectivity index (χ4n) is 4.35. The Kier molecular flexibility index (Phi) is 7.85. The van der Waals surface area contributed by atoms with Crippen LogP contribution in [0.5, 0.6) is 0 Å². The molecule has 0 spiro atoms. The van der Waals surface area contributed by atoms with Gasteiger partial charge in [0, 0.05) is 47.4 Å². The van der Waals surface area contributed by atoms with Crippen molar-refractivity contribution in [2.75, 3.05) is 6.61 Å². The Balaban J connectivity index is 1.62. The molecule has 1 fully saturated rings. The van der Waals surface area contributed by atoms with Gasteiger partial charge in [-0.15, -0.1) is 0 Å². The number of carbonyl (C=O) groups excluding carboxylic acids is 1. The highest BCUT2D eigenvalue weighted by Crippen LogP contribution is 2.50. The fourth-order valence-corrected chi connectivity index (χ4v) is 4.51.